The largest absolute Gasteiger partial charge is 0.496 e. The lowest BCUT2D eigenvalue weighted by Crippen LogP contribution is -2.43. The molecule has 0 saturated carbocycles. The summed E-state index contributed by atoms with van der Waals surface area (Å²) in [6, 6.07) is 4.65. The van der Waals surface area contributed by atoms with Crippen LogP contribution >= 0.6 is 0 Å². The fourth-order valence-corrected chi connectivity index (χ4v) is 2.35. The molecule has 0 bridgehead atoms. The zero-order valence-corrected chi connectivity index (χ0v) is 13.2. The van der Waals surface area contributed by atoms with E-state index in [4.69, 9.17) is 9.47 Å². The molecule has 1 aromatic carbocycles. The maximum absolute atomic E-state index is 14.3. The van der Waals surface area contributed by atoms with E-state index in [9.17, 15) is 9.18 Å². The number of esters is 1. The van der Waals surface area contributed by atoms with Crippen molar-refractivity contribution >= 4 is 5.97 Å². The van der Waals surface area contributed by atoms with E-state index in [0.29, 0.717) is 24.5 Å². The minimum absolute atomic E-state index is 0.0398. The lowest BCUT2D eigenvalue weighted by Gasteiger charge is -2.32. The van der Waals surface area contributed by atoms with Crippen LogP contribution in [0.5, 0.6) is 5.75 Å². The Morgan fingerprint density at radius 3 is 2.67 bits per heavy atom. The highest BCUT2D eigenvalue weighted by Crippen LogP contribution is 2.35. The number of nitrogens with one attached hydrogen (secondary N) is 1. The number of methoxy groups -OCH3 is 1. The summed E-state index contributed by atoms with van der Waals surface area (Å²) in [6.45, 7) is 6.51. The summed E-state index contributed by atoms with van der Waals surface area (Å²) < 4.78 is 24.6. The van der Waals surface area contributed by atoms with Gasteiger partial charge in [-0.3, -0.25) is 4.79 Å². The maximum atomic E-state index is 14.3. The van der Waals surface area contributed by atoms with Crippen molar-refractivity contribution in [2.75, 3.05) is 20.3 Å². The van der Waals surface area contributed by atoms with Crippen molar-refractivity contribution in [2.45, 2.75) is 39.2 Å². The van der Waals surface area contributed by atoms with Crippen molar-refractivity contribution in [1.82, 2.24) is 5.32 Å². The van der Waals surface area contributed by atoms with Crippen molar-refractivity contribution in [2.24, 2.45) is 0 Å². The Hall–Kier alpha value is -1.62. The third-order valence-electron chi connectivity index (χ3n) is 3.32. The second-order valence-corrected chi connectivity index (χ2v) is 5.06. The first-order chi connectivity index (χ1) is 9.98. The molecule has 0 aliphatic rings. The van der Waals surface area contributed by atoms with E-state index in [2.05, 4.69) is 5.32 Å². The Morgan fingerprint density at radius 2 is 2.10 bits per heavy atom. The monoisotopic (exact) mass is 297 g/mol. The van der Waals surface area contributed by atoms with Crippen LogP contribution in [0.4, 0.5) is 4.39 Å². The van der Waals surface area contributed by atoms with Crippen LogP contribution in [0, 0.1) is 5.82 Å². The number of halogens is 1. The summed E-state index contributed by atoms with van der Waals surface area (Å²) in [5.41, 5.74) is -0.520. The number of carbonyl (C=O) groups is 1. The molecule has 0 spiro atoms. The maximum Gasteiger partial charge on any atom is 0.307 e. The van der Waals surface area contributed by atoms with E-state index in [1.807, 2.05) is 6.92 Å². The summed E-state index contributed by atoms with van der Waals surface area (Å²) in [7, 11) is 1.49. The summed E-state index contributed by atoms with van der Waals surface area (Å²) in [6.07, 6.45) is 0.910. The van der Waals surface area contributed by atoms with Crippen molar-refractivity contribution in [1.29, 1.82) is 0 Å². The Morgan fingerprint density at radius 1 is 1.38 bits per heavy atom. The molecule has 0 heterocycles. The van der Waals surface area contributed by atoms with Crippen molar-refractivity contribution in [3.63, 3.8) is 0 Å². The molecular weight excluding hydrogens is 273 g/mol. The molecule has 1 rings (SSSR count). The van der Waals surface area contributed by atoms with Gasteiger partial charge in [-0.25, -0.2) is 4.39 Å². The Balaban J connectivity index is 3.20. The second kappa shape index (κ2) is 7.98. The third kappa shape index (κ3) is 4.43. The molecule has 1 N–H and O–H groups in total. The average molecular weight is 297 g/mol. The number of ether oxygens (including phenoxy) is 2. The molecule has 0 aliphatic carbocycles. The highest BCUT2D eigenvalue weighted by molar-refractivity contribution is 5.71. The lowest BCUT2D eigenvalue weighted by atomic mass is 9.87. The van der Waals surface area contributed by atoms with E-state index in [1.165, 1.54) is 13.2 Å². The number of benzene rings is 1. The van der Waals surface area contributed by atoms with Gasteiger partial charge in [-0.15, -0.1) is 0 Å². The number of rotatable bonds is 8. The Labute approximate surface area is 125 Å². The molecule has 118 valence electrons. The predicted octanol–water partition coefficient (Wildman–Crippen LogP) is 3.00. The third-order valence-corrected chi connectivity index (χ3v) is 3.32. The molecule has 1 aromatic rings. The molecule has 5 heteroatoms. The zero-order valence-electron chi connectivity index (χ0n) is 13.2. The summed E-state index contributed by atoms with van der Waals surface area (Å²) in [5, 5.41) is 3.25. The minimum atomic E-state index is -0.876. The van der Waals surface area contributed by atoms with E-state index >= 15 is 0 Å². The fourth-order valence-electron chi connectivity index (χ4n) is 2.35. The topological polar surface area (TPSA) is 47.6 Å². The highest BCUT2D eigenvalue weighted by atomic mass is 19.1. The Kier molecular flexibility index (Phi) is 6.62. The molecule has 0 fully saturated rings. The first-order valence-electron chi connectivity index (χ1n) is 7.22. The van der Waals surface area contributed by atoms with E-state index < -0.39 is 11.4 Å². The molecule has 0 aliphatic heterocycles. The predicted molar refractivity (Wildman–Crippen MR) is 79.8 cm³/mol. The van der Waals surface area contributed by atoms with Gasteiger partial charge in [-0.05, 0) is 38.9 Å². The van der Waals surface area contributed by atoms with Gasteiger partial charge in [0.25, 0.3) is 0 Å². The molecule has 0 aromatic heterocycles. The van der Waals surface area contributed by atoms with Crippen molar-refractivity contribution in [3.8, 4) is 5.75 Å². The average Bonchev–Trinajstić information content (AvgIpc) is 2.44. The van der Waals surface area contributed by atoms with Gasteiger partial charge in [0.15, 0.2) is 0 Å². The van der Waals surface area contributed by atoms with Crippen molar-refractivity contribution in [3.05, 3.63) is 29.6 Å². The lowest BCUT2D eigenvalue weighted by molar-refractivity contribution is -0.144. The van der Waals surface area contributed by atoms with Gasteiger partial charge in [0.05, 0.1) is 31.2 Å². The SMILES string of the molecule is CCCNC(C)(CC(=O)OCC)c1c(F)cccc1OC. The summed E-state index contributed by atoms with van der Waals surface area (Å²) >= 11 is 0. The van der Waals surface area contributed by atoms with Crippen molar-refractivity contribution < 1.29 is 18.7 Å². The van der Waals surface area contributed by atoms with Crippen LogP contribution in [0.2, 0.25) is 0 Å². The van der Waals surface area contributed by atoms with Crippen LogP contribution in [0.3, 0.4) is 0 Å². The molecule has 0 radical (unpaired) electrons. The van der Waals surface area contributed by atoms with Gasteiger partial charge in [-0.1, -0.05) is 13.0 Å². The van der Waals surface area contributed by atoms with Gasteiger partial charge >= 0.3 is 5.97 Å². The normalized spacial score (nSPS) is 13.6. The van der Waals surface area contributed by atoms with Gasteiger partial charge in [-0.2, -0.15) is 0 Å². The summed E-state index contributed by atoms with van der Waals surface area (Å²) in [4.78, 5) is 11.9. The first-order valence-corrected chi connectivity index (χ1v) is 7.22. The van der Waals surface area contributed by atoms with E-state index in [1.54, 1.807) is 26.0 Å². The van der Waals surface area contributed by atoms with Crippen LogP contribution in [0.1, 0.15) is 39.2 Å². The number of carbonyl (C=O) groups excluding carboxylic acids is 1. The van der Waals surface area contributed by atoms with Gasteiger partial charge in [0.1, 0.15) is 11.6 Å². The second-order valence-electron chi connectivity index (χ2n) is 5.06. The van der Waals surface area contributed by atoms with Crippen LogP contribution in [-0.4, -0.2) is 26.2 Å². The van der Waals surface area contributed by atoms with Crippen LogP contribution in [0.25, 0.3) is 0 Å². The molecule has 1 atom stereocenters. The smallest absolute Gasteiger partial charge is 0.307 e. The Bertz CT molecular complexity index is 479. The molecular formula is C16H24FNO3. The number of hydrogen-bond donors (Lipinski definition) is 1. The fraction of sp³-hybridized carbons (Fsp3) is 0.562. The van der Waals surface area contributed by atoms with Gasteiger partial charge < -0.3 is 14.8 Å². The number of hydrogen-bond acceptors (Lipinski definition) is 4. The molecule has 1 unspecified atom stereocenters. The highest BCUT2D eigenvalue weighted by Gasteiger charge is 2.35. The first kappa shape index (κ1) is 17.4. The van der Waals surface area contributed by atoms with Crippen LogP contribution in [-0.2, 0) is 15.1 Å². The zero-order chi connectivity index (χ0) is 15.9. The molecule has 0 saturated heterocycles. The quantitative estimate of drug-likeness (QED) is 0.749. The molecule has 0 amide bonds. The minimum Gasteiger partial charge on any atom is -0.496 e. The van der Waals surface area contributed by atoms with Gasteiger partial charge in [0, 0.05) is 0 Å². The molecule has 4 nitrogen and oxygen atoms in total. The summed E-state index contributed by atoms with van der Waals surface area (Å²) in [5.74, 6) is -0.343. The van der Waals surface area contributed by atoms with Crippen LogP contribution < -0.4 is 10.1 Å². The van der Waals surface area contributed by atoms with E-state index in [0.717, 1.165) is 6.42 Å². The van der Waals surface area contributed by atoms with E-state index in [-0.39, 0.29) is 12.4 Å². The van der Waals surface area contributed by atoms with Crippen LogP contribution in [0.15, 0.2) is 18.2 Å². The van der Waals surface area contributed by atoms with Gasteiger partial charge in [0.2, 0.25) is 0 Å². The molecule has 21 heavy (non-hydrogen) atoms. The standard InChI is InChI=1S/C16H24FNO3/c1-5-10-18-16(3,11-14(19)21-6-2)15-12(17)8-7-9-13(15)20-4/h7-9,18H,5-6,10-11H2,1-4H3.